The zero-order valence-electron chi connectivity index (χ0n) is 24.3. The first-order chi connectivity index (χ1) is 19.2. The number of methoxy groups -OCH3 is 1. The molecule has 1 unspecified atom stereocenters. The van der Waals surface area contributed by atoms with E-state index < -0.39 is 34.1 Å². The van der Waals surface area contributed by atoms with E-state index in [1.54, 1.807) is 31.2 Å². The molecule has 3 rings (SSSR count). The lowest BCUT2D eigenvalue weighted by Gasteiger charge is -2.33. The maximum atomic E-state index is 14.0. The molecule has 0 radical (unpaired) electrons. The smallest absolute Gasteiger partial charge is 0.264 e. The van der Waals surface area contributed by atoms with Gasteiger partial charge in [0.2, 0.25) is 11.8 Å². The van der Waals surface area contributed by atoms with Crippen LogP contribution in [0.4, 0.5) is 5.69 Å². The van der Waals surface area contributed by atoms with Crippen LogP contribution < -0.4 is 14.4 Å². The van der Waals surface area contributed by atoms with E-state index in [9.17, 15) is 18.0 Å². The van der Waals surface area contributed by atoms with Gasteiger partial charge in [0, 0.05) is 17.1 Å². The molecule has 3 aromatic rings. The Morgan fingerprint density at radius 2 is 1.63 bits per heavy atom. The zero-order chi connectivity index (χ0) is 30.4. The van der Waals surface area contributed by atoms with Crippen molar-refractivity contribution in [2.45, 2.75) is 57.5 Å². The Labute approximate surface area is 248 Å². The summed E-state index contributed by atoms with van der Waals surface area (Å²) in [5, 5.41) is 3.20. The predicted molar refractivity (Wildman–Crippen MR) is 163 cm³/mol. The van der Waals surface area contributed by atoms with Crippen molar-refractivity contribution in [2.75, 3.05) is 24.5 Å². The van der Waals surface area contributed by atoms with Crippen LogP contribution in [0.2, 0.25) is 5.02 Å². The second-order valence-corrected chi connectivity index (χ2v) is 13.2. The molecule has 220 valence electrons. The van der Waals surface area contributed by atoms with E-state index >= 15 is 0 Å². The number of halogens is 1. The number of rotatable bonds is 11. The summed E-state index contributed by atoms with van der Waals surface area (Å²) in [5.41, 5.74) is 1.46. The maximum absolute atomic E-state index is 14.0. The van der Waals surface area contributed by atoms with Gasteiger partial charge < -0.3 is 15.0 Å². The van der Waals surface area contributed by atoms with Crippen molar-refractivity contribution >= 4 is 39.1 Å². The minimum Gasteiger partial charge on any atom is -0.495 e. The van der Waals surface area contributed by atoms with Gasteiger partial charge in [0.05, 0.1) is 17.7 Å². The molecule has 0 spiro atoms. The van der Waals surface area contributed by atoms with Gasteiger partial charge in [-0.3, -0.25) is 13.9 Å². The Hall–Kier alpha value is -3.56. The highest BCUT2D eigenvalue weighted by Gasteiger charge is 2.34. The van der Waals surface area contributed by atoms with Crippen LogP contribution in [0, 0.1) is 6.92 Å². The third-order valence-electron chi connectivity index (χ3n) is 6.45. The summed E-state index contributed by atoms with van der Waals surface area (Å²) in [4.78, 5) is 28.7. The normalized spacial score (nSPS) is 12.4. The molecule has 10 heteroatoms. The zero-order valence-corrected chi connectivity index (χ0v) is 25.9. The van der Waals surface area contributed by atoms with Crippen LogP contribution in [0.5, 0.6) is 5.75 Å². The third-order valence-corrected chi connectivity index (χ3v) is 8.46. The molecular weight excluding hydrogens is 562 g/mol. The fourth-order valence-corrected chi connectivity index (χ4v) is 5.84. The number of hydrogen-bond acceptors (Lipinski definition) is 5. The van der Waals surface area contributed by atoms with Crippen molar-refractivity contribution in [2.24, 2.45) is 0 Å². The molecule has 1 atom stereocenters. The topological polar surface area (TPSA) is 96.0 Å². The van der Waals surface area contributed by atoms with Gasteiger partial charge in [-0.2, -0.15) is 0 Å². The van der Waals surface area contributed by atoms with Gasteiger partial charge in [-0.15, -0.1) is 0 Å². The lowest BCUT2D eigenvalue weighted by atomic mass is 10.1. The molecule has 0 aliphatic rings. The summed E-state index contributed by atoms with van der Waals surface area (Å²) in [6.45, 7) is 8.69. The minimum absolute atomic E-state index is 0.00675. The number of benzene rings is 3. The van der Waals surface area contributed by atoms with Gasteiger partial charge in [0.1, 0.15) is 18.3 Å². The second kappa shape index (κ2) is 13.4. The third kappa shape index (κ3) is 8.47. The maximum Gasteiger partial charge on any atom is 0.264 e. The summed E-state index contributed by atoms with van der Waals surface area (Å²) in [6, 6.07) is 19.6. The standard InChI is InChI=1S/C31H38ClN3O5S/c1-22-12-15-26(16-13-22)41(38,39)35(27-20-25(32)14-17-28(27)40-6)21-29(36)34(19-18-24-10-8-7-9-11-24)23(2)30(37)33-31(3,4)5/h7-17,20,23H,18-19,21H2,1-6H3,(H,33,37). The van der Waals surface area contributed by atoms with Gasteiger partial charge in [0.15, 0.2) is 0 Å². The van der Waals surface area contributed by atoms with Crippen LogP contribution in [0.25, 0.3) is 0 Å². The van der Waals surface area contributed by atoms with E-state index in [0.717, 1.165) is 15.4 Å². The summed E-state index contributed by atoms with van der Waals surface area (Å²) >= 11 is 6.28. The lowest BCUT2D eigenvalue weighted by Crippen LogP contribution is -2.55. The average Bonchev–Trinajstić information content (AvgIpc) is 2.91. The molecule has 1 N–H and O–H groups in total. The fraction of sp³-hybridized carbons (Fsp3) is 0.355. The molecule has 0 heterocycles. The Balaban J connectivity index is 2.06. The first-order valence-electron chi connectivity index (χ1n) is 13.3. The van der Waals surface area contributed by atoms with E-state index in [2.05, 4.69) is 5.32 Å². The average molecular weight is 600 g/mol. The number of nitrogens with zero attached hydrogens (tertiary/aromatic N) is 2. The highest BCUT2D eigenvalue weighted by molar-refractivity contribution is 7.92. The predicted octanol–water partition coefficient (Wildman–Crippen LogP) is 5.23. The van der Waals surface area contributed by atoms with Gasteiger partial charge in [-0.05, 0) is 76.9 Å². The number of sulfonamides is 1. The molecule has 0 bridgehead atoms. The SMILES string of the molecule is COc1ccc(Cl)cc1N(CC(=O)N(CCc1ccccc1)C(C)C(=O)NC(C)(C)C)S(=O)(=O)c1ccc(C)cc1. The Morgan fingerprint density at radius 1 is 1.00 bits per heavy atom. The molecule has 0 aromatic heterocycles. The number of amides is 2. The lowest BCUT2D eigenvalue weighted by molar-refractivity contribution is -0.139. The Bertz CT molecular complexity index is 1460. The van der Waals surface area contributed by atoms with E-state index in [0.29, 0.717) is 6.42 Å². The molecular formula is C31H38ClN3O5S. The Morgan fingerprint density at radius 3 is 2.22 bits per heavy atom. The number of carbonyl (C=O) groups excluding carboxylic acids is 2. The molecule has 0 saturated heterocycles. The van der Waals surface area contributed by atoms with E-state index in [1.165, 1.54) is 30.2 Å². The summed E-state index contributed by atoms with van der Waals surface area (Å²) < 4.78 is 34.5. The minimum atomic E-state index is -4.24. The molecule has 0 fully saturated rings. The molecule has 41 heavy (non-hydrogen) atoms. The number of anilines is 1. The molecule has 8 nitrogen and oxygen atoms in total. The molecule has 0 aliphatic heterocycles. The van der Waals surface area contributed by atoms with Crippen molar-refractivity contribution in [1.82, 2.24) is 10.2 Å². The van der Waals surface area contributed by atoms with Gasteiger partial charge in [-0.1, -0.05) is 59.6 Å². The Kier molecular flexibility index (Phi) is 10.4. The largest absolute Gasteiger partial charge is 0.495 e. The quantitative estimate of drug-likeness (QED) is 0.326. The van der Waals surface area contributed by atoms with Crippen LogP contribution >= 0.6 is 11.6 Å². The number of aryl methyl sites for hydroxylation is 1. The first-order valence-corrected chi connectivity index (χ1v) is 15.1. The molecule has 0 aliphatic carbocycles. The van der Waals surface area contributed by atoms with Gasteiger partial charge >= 0.3 is 0 Å². The van der Waals surface area contributed by atoms with Crippen molar-refractivity contribution in [3.8, 4) is 5.75 Å². The highest BCUT2D eigenvalue weighted by atomic mass is 35.5. The summed E-state index contributed by atoms with van der Waals surface area (Å²) in [5.74, 6) is -0.658. The summed E-state index contributed by atoms with van der Waals surface area (Å²) in [6.07, 6.45) is 0.477. The van der Waals surface area contributed by atoms with Crippen molar-refractivity contribution < 1.29 is 22.7 Å². The fourth-order valence-electron chi connectivity index (χ4n) is 4.25. The number of nitrogens with one attached hydrogen (secondary N) is 1. The van der Waals surface area contributed by atoms with Crippen LogP contribution in [0.1, 0.15) is 38.8 Å². The summed E-state index contributed by atoms with van der Waals surface area (Å²) in [7, 11) is -2.83. The van der Waals surface area contributed by atoms with Crippen LogP contribution in [-0.4, -0.2) is 56.9 Å². The van der Waals surface area contributed by atoms with E-state index in [1.807, 2.05) is 58.0 Å². The van der Waals surface area contributed by atoms with Gasteiger partial charge in [0.25, 0.3) is 10.0 Å². The van der Waals surface area contributed by atoms with Crippen molar-refractivity contribution in [1.29, 1.82) is 0 Å². The van der Waals surface area contributed by atoms with Crippen LogP contribution in [-0.2, 0) is 26.0 Å². The van der Waals surface area contributed by atoms with Gasteiger partial charge in [-0.25, -0.2) is 8.42 Å². The second-order valence-electron chi connectivity index (χ2n) is 10.9. The van der Waals surface area contributed by atoms with Crippen molar-refractivity contribution in [3.05, 3.63) is 88.9 Å². The molecule has 3 aromatic carbocycles. The number of ether oxygens (including phenoxy) is 1. The first kappa shape index (κ1) is 32.0. The highest BCUT2D eigenvalue weighted by Crippen LogP contribution is 2.35. The molecule has 2 amide bonds. The van der Waals surface area contributed by atoms with Crippen LogP contribution in [0.15, 0.2) is 77.7 Å². The monoisotopic (exact) mass is 599 g/mol. The number of hydrogen-bond donors (Lipinski definition) is 1. The number of carbonyl (C=O) groups is 2. The molecule has 0 saturated carbocycles. The van der Waals surface area contributed by atoms with E-state index in [-0.39, 0.29) is 33.8 Å². The van der Waals surface area contributed by atoms with E-state index in [4.69, 9.17) is 16.3 Å². The van der Waals surface area contributed by atoms with Crippen molar-refractivity contribution in [3.63, 3.8) is 0 Å². The van der Waals surface area contributed by atoms with Crippen LogP contribution in [0.3, 0.4) is 0 Å².